The van der Waals surface area contributed by atoms with E-state index < -0.39 is 5.97 Å². The van der Waals surface area contributed by atoms with Crippen molar-refractivity contribution >= 4 is 40.1 Å². The molecule has 0 bridgehead atoms. The lowest BCUT2D eigenvalue weighted by Gasteiger charge is -2.10. The Balaban J connectivity index is 2.50. The van der Waals surface area contributed by atoms with Gasteiger partial charge < -0.3 is 5.11 Å². The van der Waals surface area contributed by atoms with Gasteiger partial charge in [-0.1, -0.05) is 23.2 Å². The van der Waals surface area contributed by atoms with Gasteiger partial charge >= 0.3 is 5.97 Å². The normalized spacial score (nSPS) is 13.9. The highest BCUT2D eigenvalue weighted by atomic mass is 35.5. The number of aryl methyl sites for hydroxylation is 1. The first-order valence-electron chi connectivity index (χ1n) is 5.61. The van der Waals surface area contributed by atoms with Crippen molar-refractivity contribution in [1.29, 1.82) is 0 Å². The number of rotatable bonds is 1. The zero-order valence-electron chi connectivity index (χ0n) is 9.33. The minimum absolute atomic E-state index is 0.286. The predicted octanol–water partition coefficient (Wildman–Crippen LogP) is 3.73. The molecule has 1 aliphatic carbocycles. The van der Waals surface area contributed by atoms with Crippen LogP contribution in [0.15, 0.2) is 12.1 Å². The van der Waals surface area contributed by atoms with Crippen LogP contribution in [-0.2, 0) is 12.8 Å². The molecule has 2 aromatic rings. The van der Waals surface area contributed by atoms with Crippen LogP contribution in [0.25, 0.3) is 10.9 Å². The molecule has 0 amide bonds. The summed E-state index contributed by atoms with van der Waals surface area (Å²) in [4.78, 5) is 16.0. The van der Waals surface area contributed by atoms with Crippen LogP contribution in [0.1, 0.15) is 28.0 Å². The van der Waals surface area contributed by atoms with Gasteiger partial charge in [-0.3, -0.25) is 4.98 Å². The molecule has 5 heteroatoms. The van der Waals surface area contributed by atoms with Gasteiger partial charge in [0.1, 0.15) is 0 Å². The SMILES string of the molecule is O=C(O)c1c2c(nc3cc(Cl)cc(Cl)c13)CCC2. The number of carbonyl (C=O) groups is 1. The van der Waals surface area contributed by atoms with Gasteiger partial charge in [0.25, 0.3) is 0 Å². The van der Waals surface area contributed by atoms with E-state index >= 15 is 0 Å². The molecule has 3 rings (SSSR count). The van der Waals surface area contributed by atoms with Crippen LogP contribution in [-0.4, -0.2) is 16.1 Å². The molecule has 0 radical (unpaired) electrons. The molecular formula is C13H9Cl2NO2. The van der Waals surface area contributed by atoms with Gasteiger partial charge in [-0.05, 0) is 37.0 Å². The Hall–Kier alpha value is -1.32. The predicted molar refractivity (Wildman–Crippen MR) is 70.7 cm³/mol. The first-order chi connectivity index (χ1) is 8.58. The van der Waals surface area contributed by atoms with E-state index in [9.17, 15) is 9.90 Å². The van der Waals surface area contributed by atoms with E-state index in [0.29, 0.717) is 20.9 Å². The van der Waals surface area contributed by atoms with Crippen molar-refractivity contribution in [3.63, 3.8) is 0 Å². The number of hydrogen-bond acceptors (Lipinski definition) is 2. The van der Waals surface area contributed by atoms with Gasteiger partial charge in [-0.2, -0.15) is 0 Å². The van der Waals surface area contributed by atoms with Crippen molar-refractivity contribution < 1.29 is 9.90 Å². The molecule has 1 aromatic carbocycles. The molecule has 0 aliphatic heterocycles. The molecule has 1 N–H and O–H groups in total. The molecule has 0 unspecified atom stereocenters. The highest BCUT2D eigenvalue weighted by Crippen LogP contribution is 2.35. The Morgan fingerprint density at radius 1 is 1.28 bits per heavy atom. The smallest absolute Gasteiger partial charge is 0.336 e. The lowest BCUT2D eigenvalue weighted by molar-refractivity contribution is 0.0698. The van der Waals surface area contributed by atoms with Gasteiger partial charge in [0.05, 0.1) is 16.1 Å². The van der Waals surface area contributed by atoms with E-state index in [1.54, 1.807) is 12.1 Å². The third-order valence-corrected chi connectivity index (χ3v) is 3.76. The van der Waals surface area contributed by atoms with Crippen molar-refractivity contribution in [1.82, 2.24) is 4.98 Å². The number of benzene rings is 1. The number of halogens is 2. The third-order valence-electron chi connectivity index (χ3n) is 3.24. The second kappa shape index (κ2) is 4.11. The minimum atomic E-state index is -0.954. The van der Waals surface area contributed by atoms with E-state index in [4.69, 9.17) is 23.2 Å². The first kappa shape index (κ1) is 11.8. The maximum atomic E-state index is 11.5. The summed E-state index contributed by atoms with van der Waals surface area (Å²) < 4.78 is 0. The van der Waals surface area contributed by atoms with Gasteiger partial charge in [-0.15, -0.1) is 0 Å². The summed E-state index contributed by atoms with van der Waals surface area (Å²) in [5.41, 5.74) is 2.53. The summed E-state index contributed by atoms with van der Waals surface area (Å²) in [6.45, 7) is 0. The summed E-state index contributed by atoms with van der Waals surface area (Å²) in [6.07, 6.45) is 2.50. The van der Waals surface area contributed by atoms with Gasteiger partial charge in [-0.25, -0.2) is 4.79 Å². The van der Waals surface area contributed by atoms with E-state index in [0.717, 1.165) is 30.5 Å². The molecule has 3 nitrogen and oxygen atoms in total. The highest BCUT2D eigenvalue weighted by molar-refractivity contribution is 6.39. The monoisotopic (exact) mass is 281 g/mol. The number of fused-ring (bicyclic) bond motifs is 2. The molecule has 1 aromatic heterocycles. The summed E-state index contributed by atoms with van der Waals surface area (Å²) >= 11 is 12.1. The number of aromatic carboxylic acids is 1. The van der Waals surface area contributed by atoms with E-state index in [1.165, 1.54) is 0 Å². The Morgan fingerprint density at radius 3 is 2.78 bits per heavy atom. The number of nitrogens with zero attached hydrogens (tertiary/aromatic N) is 1. The number of aromatic nitrogens is 1. The van der Waals surface area contributed by atoms with Crippen LogP contribution in [0.2, 0.25) is 10.0 Å². The average molecular weight is 282 g/mol. The fourth-order valence-electron chi connectivity index (χ4n) is 2.55. The number of carboxylic acid groups (broad SMARTS) is 1. The Morgan fingerprint density at radius 2 is 2.06 bits per heavy atom. The standard InChI is InChI=1S/C13H9Cl2NO2/c14-6-4-8(15)12-10(5-6)16-9-3-1-2-7(9)11(12)13(17)18/h4-5H,1-3H2,(H,17,18). The molecule has 0 saturated carbocycles. The first-order valence-corrected chi connectivity index (χ1v) is 6.37. The molecular weight excluding hydrogens is 273 g/mol. The maximum absolute atomic E-state index is 11.5. The van der Waals surface area contributed by atoms with Crippen LogP contribution >= 0.6 is 23.2 Å². The second-order valence-corrected chi connectivity index (χ2v) is 5.20. The zero-order valence-corrected chi connectivity index (χ0v) is 10.8. The van der Waals surface area contributed by atoms with Crippen molar-refractivity contribution in [2.24, 2.45) is 0 Å². The van der Waals surface area contributed by atoms with E-state index in [2.05, 4.69) is 4.98 Å². The summed E-state index contributed by atoms with van der Waals surface area (Å²) in [5, 5.41) is 10.7. The van der Waals surface area contributed by atoms with E-state index in [-0.39, 0.29) is 5.56 Å². The largest absolute Gasteiger partial charge is 0.478 e. The molecule has 1 heterocycles. The van der Waals surface area contributed by atoms with Crippen molar-refractivity contribution in [2.75, 3.05) is 0 Å². The molecule has 18 heavy (non-hydrogen) atoms. The van der Waals surface area contributed by atoms with E-state index in [1.807, 2.05) is 0 Å². The second-order valence-electron chi connectivity index (χ2n) is 4.35. The molecule has 0 atom stereocenters. The molecule has 0 spiro atoms. The molecule has 92 valence electrons. The van der Waals surface area contributed by atoms with Crippen LogP contribution in [0.4, 0.5) is 0 Å². The lowest BCUT2D eigenvalue weighted by Crippen LogP contribution is -2.06. The fourth-order valence-corrected chi connectivity index (χ4v) is 3.13. The van der Waals surface area contributed by atoms with Crippen LogP contribution in [0.3, 0.4) is 0 Å². The Bertz CT molecular complexity index is 682. The van der Waals surface area contributed by atoms with Crippen molar-refractivity contribution in [3.05, 3.63) is 39.0 Å². The van der Waals surface area contributed by atoms with Crippen molar-refractivity contribution in [3.8, 4) is 0 Å². The zero-order chi connectivity index (χ0) is 12.9. The topological polar surface area (TPSA) is 50.2 Å². The molecule has 1 aliphatic rings. The van der Waals surface area contributed by atoms with Gasteiger partial charge in [0.2, 0.25) is 0 Å². The minimum Gasteiger partial charge on any atom is -0.478 e. The van der Waals surface area contributed by atoms with Crippen LogP contribution < -0.4 is 0 Å². The van der Waals surface area contributed by atoms with Gasteiger partial charge in [0, 0.05) is 16.1 Å². The lowest BCUT2D eigenvalue weighted by atomic mass is 10.0. The fraction of sp³-hybridized carbons (Fsp3) is 0.231. The Labute approximate surface area is 113 Å². The number of pyridine rings is 1. The third kappa shape index (κ3) is 1.66. The summed E-state index contributed by atoms with van der Waals surface area (Å²) in [5.74, 6) is -0.954. The Kier molecular flexibility index (Phi) is 2.68. The maximum Gasteiger partial charge on any atom is 0.336 e. The number of hydrogen-bond donors (Lipinski definition) is 1. The number of carboxylic acids is 1. The van der Waals surface area contributed by atoms with Crippen LogP contribution in [0, 0.1) is 0 Å². The average Bonchev–Trinajstić information content (AvgIpc) is 2.72. The molecule has 0 fully saturated rings. The van der Waals surface area contributed by atoms with Gasteiger partial charge in [0.15, 0.2) is 0 Å². The summed E-state index contributed by atoms with van der Waals surface area (Å²) in [7, 11) is 0. The highest BCUT2D eigenvalue weighted by Gasteiger charge is 2.24. The van der Waals surface area contributed by atoms with Crippen LogP contribution in [0.5, 0.6) is 0 Å². The molecule has 0 saturated heterocycles. The summed E-state index contributed by atoms with van der Waals surface area (Å²) in [6, 6.07) is 3.22. The van der Waals surface area contributed by atoms with Crippen molar-refractivity contribution in [2.45, 2.75) is 19.3 Å². The quantitative estimate of drug-likeness (QED) is 0.867.